The Hall–Kier alpha value is -1.23. The minimum atomic E-state index is -0.277. The fourth-order valence-corrected chi connectivity index (χ4v) is 2.45. The molecular formula is C13H21FN4. The van der Waals surface area contributed by atoms with Crippen LogP contribution in [-0.2, 0) is 0 Å². The van der Waals surface area contributed by atoms with Crippen molar-refractivity contribution in [3.05, 3.63) is 17.8 Å². The van der Waals surface area contributed by atoms with Gasteiger partial charge in [-0.2, -0.15) is 0 Å². The van der Waals surface area contributed by atoms with Crippen molar-refractivity contribution in [2.75, 3.05) is 24.5 Å². The number of halogens is 1. The summed E-state index contributed by atoms with van der Waals surface area (Å²) in [7, 11) is 0. The van der Waals surface area contributed by atoms with Crippen molar-refractivity contribution in [1.29, 1.82) is 0 Å². The van der Waals surface area contributed by atoms with Crippen LogP contribution in [0.5, 0.6) is 0 Å². The number of nitrogens with one attached hydrogen (secondary N) is 1. The number of piperidine rings is 1. The number of likely N-dealkylation sites (N-methyl/N-ethyl adjacent to an activating group) is 1. The van der Waals surface area contributed by atoms with Crippen molar-refractivity contribution in [1.82, 2.24) is 15.3 Å². The molecule has 0 bridgehead atoms. The fraction of sp³-hybridized carbons (Fsp3) is 0.692. The zero-order valence-corrected chi connectivity index (χ0v) is 11.1. The monoisotopic (exact) mass is 252 g/mol. The van der Waals surface area contributed by atoms with Gasteiger partial charge < -0.3 is 10.2 Å². The predicted octanol–water partition coefficient (Wildman–Crippen LogP) is 1.89. The Morgan fingerprint density at radius 2 is 2.28 bits per heavy atom. The number of hydrogen-bond donors (Lipinski definition) is 1. The van der Waals surface area contributed by atoms with Crippen LogP contribution in [0, 0.1) is 12.7 Å². The van der Waals surface area contributed by atoms with Gasteiger partial charge in [-0.15, -0.1) is 0 Å². The summed E-state index contributed by atoms with van der Waals surface area (Å²) in [5.41, 5.74) is 0.424. The summed E-state index contributed by atoms with van der Waals surface area (Å²) in [6.45, 7) is 6.48. The molecule has 1 N–H and O–H groups in total. The van der Waals surface area contributed by atoms with Crippen LogP contribution in [0.1, 0.15) is 31.9 Å². The lowest BCUT2D eigenvalue weighted by Crippen LogP contribution is -2.46. The highest BCUT2D eigenvalue weighted by Gasteiger charge is 2.26. The minimum Gasteiger partial charge on any atom is -0.350 e. The van der Waals surface area contributed by atoms with E-state index in [0.29, 0.717) is 17.6 Å². The second-order valence-corrected chi connectivity index (χ2v) is 4.75. The standard InChI is InChI=1S/C13H21FN4/c1-3-15-8-11-6-4-5-7-18(11)13-12(14)10(2)16-9-17-13/h9,11,15H,3-8H2,1-2H3. The second-order valence-electron chi connectivity index (χ2n) is 4.75. The predicted molar refractivity (Wildman–Crippen MR) is 70.3 cm³/mol. The first-order valence-corrected chi connectivity index (χ1v) is 6.68. The number of rotatable bonds is 4. The van der Waals surface area contributed by atoms with E-state index in [0.717, 1.165) is 32.5 Å². The van der Waals surface area contributed by atoms with E-state index in [-0.39, 0.29) is 5.82 Å². The summed E-state index contributed by atoms with van der Waals surface area (Å²) >= 11 is 0. The summed E-state index contributed by atoms with van der Waals surface area (Å²) in [5.74, 6) is 0.186. The second kappa shape index (κ2) is 6.09. The van der Waals surface area contributed by atoms with Crippen molar-refractivity contribution in [2.45, 2.75) is 39.2 Å². The SMILES string of the molecule is CCNCC1CCCCN1c1ncnc(C)c1F. The Morgan fingerprint density at radius 3 is 3.06 bits per heavy atom. The molecule has 0 aromatic carbocycles. The van der Waals surface area contributed by atoms with E-state index in [1.54, 1.807) is 6.92 Å². The lowest BCUT2D eigenvalue weighted by molar-refractivity contribution is 0.428. The van der Waals surface area contributed by atoms with E-state index in [4.69, 9.17) is 0 Å². The van der Waals surface area contributed by atoms with Crippen LogP contribution in [0.3, 0.4) is 0 Å². The highest BCUT2D eigenvalue weighted by Crippen LogP contribution is 2.25. The lowest BCUT2D eigenvalue weighted by Gasteiger charge is -2.37. The van der Waals surface area contributed by atoms with Crippen molar-refractivity contribution in [3.8, 4) is 0 Å². The third kappa shape index (κ3) is 2.77. The molecule has 0 amide bonds. The molecule has 1 fully saturated rings. The molecule has 2 heterocycles. The number of aryl methyl sites for hydroxylation is 1. The van der Waals surface area contributed by atoms with Gasteiger partial charge in [0, 0.05) is 19.1 Å². The van der Waals surface area contributed by atoms with Gasteiger partial charge in [0.1, 0.15) is 6.33 Å². The molecule has 0 radical (unpaired) electrons. The van der Waals surface area contributed by atoms with Gasteiger partial charge in [-0.3, -0.25) is 0 Å². The number of aromatic nitrogens is 2. The maximum atomic E-state index is 14.1. The molecule has 0 spiro atoms. The summed E-state index contributed by atoms with van der Waals surface area (Å²) < 4.78 is 14.1. The van der Waals surface area contributed by atoms with Crippen LogP contribution in [0.4, 0.5) is 10.2 Å². The van der Waals surface area contributed by atoms with Gasteiger partial charge in [-0.25, -0.2) is 14.4 Å². The quantitative estimate of drug-likeness (QED) is 0.888. The molecule has 1 unspecified atom stereocenters. The van der Waals surface area contributed by atoms with Gasteiger partial charge in [-0.05, 0) is 32.7 Å². The van der Waals surface area contributed by atoms with Crippen LogP contribution >= 0.6 is 0 Å². The highest BCUT2D eigenvalue weighted by molar-refractivity contribution is 5.42. The summed E-state index contributed by atoms with van der Waals surface area (Å²) in [5, 5.41) is 3.34. The average Bonchev–Trinajstić information content (AvgIpc) is 2.40. The van der Waals surface area contributed by atoms with Gasteiger partial charge >= 0.3 is 0 Å². The first-order chi connectivity index (χ1) is 8.74. The summed E-state index contributed by atoms with van der Waals surface area (Å²) in [4.78, 5) is 10.1. The van der Waals surface area contributed by atoms with Crippen molar-refractivity contribution >= 4 is 5.82 Å². The Bertz CT molecular complexity index is 397. The number of anilines is 1. The number of nitrogens with zero attached hydrogens (tertiary/aromatic N) is 3. The average molecular weight is 252 g/mol. The van der Waals surface area contributed by atoms with E-state index in [1.165, 1.54) is 12.7 Å². The van der Waals surface area contributed by atoms with E-state index in [1.807, 2.05) is 0 Å². The van der Waals surface area contributed by atoms with Crippen LogP contribution in [0.15, 0.2) is 6.33 Å². The van der Waals surface area contributed by atoms with Crippen molar-refractivity contribution < 1.29 is 4.39 Å². The summed E-state index contributed by atoms with van der Waals surface area (Å²) in [6.07, 6.45) is 4.85. The maximum Gasteiger partial charge on any atom is 0.186 e. The molecule has 2 rings (SSSR count). The third-order valence-electron chi connectivity index (χ3n) is 3.47. The molecule has 1 aliphatic rings. The largest absolute Gasteiger partial charge is 0.350 e. The van der Waals surface area contributed by atoms with Gasteiger partial charge in [0.2, 0.25) is 0 Å². The zero-order valence-electron chi connectivity index (χ0n) is 11.1. The van der Waals surface area contributed by atoms with Crippen LogP contribution in [-0.4, -0.2) is 35.6 Å². The highest BCUT2D eigenvalue weighted by atomic mass is 19.1. The fourth-order valence-electron chi connectivity index (χ4n) is 2.45. The van der Waals surface area contributed by atoms with Gasteiger partial charge in [0.25, 0.3) is 0 Å². The summed E-state index contributed by atoms with van der Waals surface area (Å²) in [6, 6.07) is 0.336. The van der Waals surface area contributed by atoms with Gasteiger partial charge in [0.05, 0.1) is 5.69 Å². The topological polar surface area (TPSA) is 41.0 Å². The van der Waals surface area contributed by atoms with Crippen LogP contribution < -0.4 is 10.2 Å². The van der Waals surface area contributed by atoms with Crippen molar-refractivity contribution in [2.24, 2.45) is 0 Å². The lowest BCUT2D eigenvalue weighted by atomic mass is 10.0. The molecule has 1 saturated heterocycles. The maximum absolute atomic E-state index is 14.1. The smallest absolute Gasteiger partial charge is 0.186 e. The van der Waals surface area contributed by atoms with Crippen molar-refractivity contribution in [3.63, 3.8) is 0 Å². The van der Waals surface area contributed by atoms with Gasteiger partial charge in [0.15, 0.2) is 11.6 Å². The molecule has 0 saturated carbocycles. The normalized spacial score (nSPS) is 20.2. The zero-order chi connectivity index (χ0) is 13.0. The Kier molecular flexibility index (Phi) is 4.47. The van der Waals surface area contributed by atoms with Crippen LogP contribution in [0.2, 0.25) is 0 Å². The Morgan fingerprint density at radius 1 is 1.44 bits per heavy atom. The minimum absolute atomic E-state index is 0.277. The van der Waals surface area contributed by atoms with E-state index < -0.39 is 0 Å². The van der Waals surface area contributed by atoms with E-state index >= 15 is 0 Å². The molecule has 1 aromatic rings. The molecule has 1 atom stereocenters. The molecule has 18 heavy (non-hydrogen) atoms. The third-order valence-corrected chi connectivity index (χ3v) is 3.47. The van der Waals surface area contributed by atoms with E-state index in [9.17, 15) is 4.39 Å². The molecule has 100 valence electrons. The Balaban J connectivity index is 2.19. The molecule has 1 aromatic heterocycles. The van der Waals surface area contributed by atoms with Gasteiger partial charge in [-0.1, -0.05) is 6.92 Å². The first-order valence-electron chi connectivity index (χ1n) is 6.68. The Labute approximate surface area is 108 Å². The molecule has 4 nitrogen and oxygen atoms in total. The van der Waals surface area contributed by atoms with E-state index in [2.05, 4.69) is 27.1 Å². The molecule has 0 aliphatic carbocycles. The van der Waals surface area contributed by atoms with Crippen LogP contribution in [0.25, 0.3) is 0 Å². The number of hydrogen-bond acceptors (Lipinski definition) is 4. The molecule has 1 aliphatic heterocycles. The molecule has 5 heteroatoms. The first kappa shape index (κ1) is 13.2. The molecular weight excluding hydrogens is 231 g/mol.